The van der Waals surface area contributed by atoms with Gasteiger partial charge in [-0.3, -0.25) is 0 Å². The van der Waals surface area contributed by atoms with Crippen LogP contribution >= 0.6 is 0 Å². The van der Waals surface area contributed by atoms with E-state index in [1.54, 1.807) is 6.33 Å². The van der Waals surface area contributed by atoms with Crippen LogP contribution in [0.25, 0.3) is 10.9 Å². The number of hydrogen-bond acceptors (Lipinski definition) is 5. The topological polar surface area (TPSA) is 73.1 Å². The zero-order valence-corrected chi connectivity index (χ0v) is 9.60. The Labute approximate surface area is 100 Å². The highest BCUT2D eigenvalue weighted by molar-refractivity contribution is 5.88. The first-order chi connectivity index (χ1) is 8.42. The minimum absolute atomic E-state index is 0.552. The zero-order valence-electron chi connectivity index (χ0n) is 9.60. The summed E-state index contributed by atoms with van der Waals surface area (Å²) in [5, 5.41) is 4.25. The van der Waals surface area contributed by atoms with Crippen molar-refractivity contribution in [2.24, 2.45) is 5.73 Å². The molecule has 2 aromatic rings. The van der Waals surface area contributed by atoms with Crippen LogP contribution in [0.5, 0.6) is 0 Å². The molecule has 0 aliphatic rings. The van der Waals surface area contributed by atoms with Gasteiger partial charge < -0.3 is 15.8 Å². The number of nitrogens with one attached hydrogen (secondary N) is 1. The molecule has 0 fully saturated rings. The number of anilines is 1. The third kappa shape index (κ3) is 3.12. The van der Waals surface area contributed by atoms with Crippen molar-refractivity contribution in [3.8, 4) is 0 Å². The number of nitrogens with two attached hydrogens (primary N) is 1. The number of hydrogen-bond donors (Lipinski definition) is 2. The van der Waals surface area contributed by atoms with E-state index < -0.39 is 0 Å². The Balaban J connectivity index is 1.98. The average Bonchev–Trinajstić information content (AvgIpc) is 2.39. The molecule has 3 N–H and O–H groups in total. The van der Waals surface area contributed by atoms with Crippen LogP contribution in [-0.4, -0.2) is 36.3 Å². The van der Waals surface area contributed by atoms with E-state index >= 15 is 0 Å². The highest BCUT2D eigenvalue weighted by Crippen LogP contribution is 2.17. The summed E-state index contributed by atoms with van der Waals surface area (Å²) >= 11 is 0. The van der Waals surface area contributed by atoms with Crippen LogP contribution in [0.15, 0.2) is 30.6 Å². The number of para-hydroxylation sites is 1. The number of ether oxygens (including phenoxy) is 1. The molecule has 0 amide bonds. The van der Waals surface area contributed by atoms with E-state index in [2.05, 4.69) is 15.3 Å². The average molecular weight is 232 g/mol. The van der Waals surface area contributed by atoms with Crippen molar-refractivity contribution in [1.29, 1.82) is 0 Å². The Morgan fingerprint density at radius 3 is 2.94 bits per heavy atom. The van der Waals surface area contributed by atoms with E-state index in [4.69, 9.17) is 10.5 Å². The molecule has 5 heteroatoms. The lowest BCUT2D eigenvalue weighted by Crippen LogP contribution is -2.15. The summed E-state index contributed by atoms with van der Waals surface area (Å²) in [6.07, 6.45) is 1.56. The lowest BCUT2D eigenvalue weighted by atomic mass is 10.2. The minimum Gasteiger partial charge on any atom is -0.378 e. The third-order valence-electron chi connectivity index (χ3n) is 2.34. The van der Waals surface area contributed by atoms with Crippen molar-refractivity contribution < 1.29 is 4.74 Å². The second-order valence-electron chi connectivity index (χ2n) is 3.57. The molecule has 90 valence electrons. The number of nitrogens with zero attached hydrogens (tertiary/aromatic N) is 2. The van der Waals surface area contributed by atoms with Crippen LogP contribution < -0.4 is 11.1 Å². The Hall–Kier alpha value is -1.72. The summed E-state index contributed by atoms with van der Waals surface area (Å²) in [5.74, 6) is 0.840. The van der Waals surface area contributed by atoms with Gasteiger partial charge in [-0.05, 0) is 12.1 Å². The second-order valence-corrected chi connectivity index (χ2v) is 3.57. The molecule has 1 heterocycles. The van der Waals surface area contributed by atoms with Gasteiger partial charge in [0.2, 0.25) is 0 Å². The quantitative estimate of drug-likeness (QED) is 0.727. The fourth-order valence-corrected chi connectivity index (χ4v) is 1.57. The summed E-state index contributed by atoms with van der Waals surface area (Å²) < 4.78 is 5.29. The molecule has 0 radical (unpaired) electrons. The number of fused-ring (bicyclic) bond motifs is 1. The number of aromatic nitrogens is 2. The Morgan fingerprint density at radius 2 is 2.06 bits per heavy atom. The SMILES string of the molecule is NCCOCCNc1ncnc2ccccc12. The first kappa shape index (κ1) is 11.8. The Morgan fingerprint density at radius 1 is 1.18 bits per heavy atom. The molecular weight excluding hydrogens is 216 g/mol. The van der Waals surface area contributed by atoms with Gasteiger partial charge in [-0.15, -0.1) is 0 Å². The number of rotatable bonds is 6. The lowest BCUT2D eigenvalue weighted by molar-refractivity contribution is 0.151. The molecule has 1 aromatic carbocycles. The van der Waals surface area contributed by atoms with E-state index in [0.717, 1.165) is 16.7 Å². The van der Waals surface area contributed by atoms with Crippen LogP contribution in [0, 0.1) is 0 Å². The van der Waals surface area contributed by atoms with E-state index in [9.17, 15) is 0 Å². The molecule has 1 aromatic heterocycles. The molecule has 0 aliphatic carbocycles. The molecule has 17 heavy (non-hydrogen) atoms. The van der Waals surface area contributed by atoms with Gasteiger partial charge in [-0.25, -0.2) is 9.97 Å². The monoisotopic (exact) mass is 232 g/mol. The van der Waals surface area contributed by atoms with Crippen molar-refractivity contribution in [3.63, 3.8) is 0 Å². The van der Waals surface area contributed by atoms with Crippen LogP contribution in [0.3, 0.4) is 0 Å². The molecular formula is C12H16N4O. The van der Waals surface area contributed by atoms with Gasteiger partial charge in [-0.1, -0.05) is 12.1 Å². The van der Waals surface area contributed by atoms with Crippen LogP contribution in [0.1, 0.15) is 0 Å². The maximum atomic E-state index is 5.33. The van der Waals surface area contributed by atoms with E-state index in [1.807, 2.05) is 24.3 Å². The Bertz CT molecular complexity index is 470. The summed E-state index contributed by atoms with van der Waals surface area (Å²) in [7, 11) is 0. The predicted octanol–water partition coefficient (Wildman–Crippen LogP) is 1.02. The van der Waals surface area contributed by atoms with E-state index in [0.29, 0.717) is 26.3 Å². The fraction of sp³-hybridized carbons (Fsp3) is 0.333. The summed E-state index contributed by atoms with van der Waals surface area (Å²) in [6, 6.07) is 7.90. The normalized spacial score (nSPS) is 10.6. The van der Waals surface area contributed by atoms with Crippen molar-refractivity contribution in [3.05, 3.63) is 30.6 Å². The van der Waals surface area contributed by atoms with Gasteiger partial charge >= 0.3 is 0 Å². The summed E-state index contributed by atoms with van der Waals surface area (Å²) in [6.45, 7) is 2.47. The molecule has 0 saturated heterocycles. The van der Waals surface area contributed by atoms with Gasteiger partial charge in [0, 0.05) is 18.5 Å². The first-order valence-corrected chi connectivity index (χ1v) is 5.63. The maximum Gasteiger partial charge on any atom is 0.137 e. The van der Waals surface area contributed by atoms with Crippen molar-refractivity contribution in [2.45, 2.75) is 0 Å². The van der Waals surface area contributed by atoms with E-state index in [-0.39, 0.29) is 0 Å². The predicted molar refractivity (Wildman–Crippen MR) is 67.9 cm³/mol. The third-order valence-corrected chi connectivity index (χ3v) is 2.34. The van der Waals surface area contributed by atoms with Gasteiger partial charge in [-0.2, -0.15) is 0 Å². The molecule has 0 spiro atoms. The summed E-state index contributed by atoms with van der Waals surface area (Å²) in [5.41, 5.74) is 6.27. The van der Waals surface area contributed by atoms with E-state index in [1.165, 1.54) is 0 Å². The zero-order chi connectivity index (χ0) is 11.9. The lowest BCUT2D eigenvalue weighted by Gasteiger charge is -2.08. The molecule has 2 rings (SSSR count). The molecule has 0 unspecified atom stereocenters. The largest absolute Gasteiger partial charge is 0.378 e. The molecule has 0 saturated carbocycles. The van der Waals surface area contributed by atoms with Gasteiger partial charge in [0.1, 0.15) is 12.1 Å². The second kappa shape index (κ2) is 6.12. The van der Waals surface area contributed by atoms with Crippen molar-refractivity contribution in [1.82, 2.24) is 9.97 Å². The molecule has 0 aliphatic heterocycles. The number of benzene rings is 1. The van der Waals surface area contributed by atoms with Crippen LogP contribution in [0.4, 0.5) is 5.82 Å². The molecule has 0 atom stereocenters. The molecule has 5 nitrogen and oxygen atoms in total. The highest BCUT2D eigenvalue weighted by Gasteiger charge is 2.01. The van der Waals surface area contributed by atoms with Crippen molar-refractivity contribution >= 4 is 16.7 Å². The molecule has 0 bridgehead atoms. The Kier molecular flexibility index (Phi) is 4.23. The first-order valence-electron chi connectivity index (χ1n) is 5.63. The van der Waals surface area contributed by atoms with Gasteiger partial charge in [0.25, 0.3) is 0 Å². The van der Waals surface area contributed by atoms with Crippen LogP contribution in [0.2, 0.25) is 0 Å². The highest BCUT2D eigenvalue weighted by atomic mass is 16.5. The fourth-order valence-electron chi connectivity index (χ4n) is 1.57. The van der Waals surface area contributed by atoms with Crippen molar-refractivity contribution in [2.75, 3.05) is 31.6 Å². The van der Waals surface area contributed by atoms with Gasteiger partial charge in [0.05, 0.1) is 18.7 Å². The van der Waals surface area contributed by atoms with Gasteiger partial charge in [0.15, 0.2) is 0 Å². The van der Waals surface area contributed by atoms with Crippen LogP contribution in [-0.2, 0) is 4.74 Å². The smallest absolute Gasteiger partial charge is 0.137 e. The minimum atomic E-state index is 0.552. The maximum absolute atomic E-state index is 5.33. The summed E-state index contributed by atoms with van der Waals surface area (Å²) in [4.78, 5) is 8.42. The standard InChI is InChI=1S/C12H16N4O/c13-5-7-17-8-6-14-12-10-3-1-2-4-11(10)15-9-16-12/h1-4,9H,5-8,13H2,(H,14,15,16).